The van der Waals surface area contributed by atoms with Gasteiger partial charge < -0.3 is 14.8 Å². The molecule has 0 bridgehead atoms. The standard InChI is InChI=1S/C19H21N3O.C6H12O.2C2H6/c1-12-6-5-7-15(8-12)11-20-19-16-9-13(2)18(23-4)10-17(16)21-14(3)22-19;1-2-6-3-4-7-5-6;2*1-2/h5-10H,11H2,1-4H3,(H,20,21,22);6H,2-5H2,1H3;2*1-2H3. The van der Waals surface area contributed by atoms with Gasteiger partial charge in [-0.15, -0.1) is 0 Å². The fourth-order valence-corrected chi connectivity index (χ4v) is 3.65. The molecule has 0 radical (unpaired) electrons. The number of benzene rings is 2. The molecule has 188 valence electrons. The molecule has 4 rings (SSSR count). The summed E-state index contributed by atoms with van der Waals surface area (Å²) in [6.45, 7) is 19.0. The molecule has 1 aliphatic rings. The lowest BCUT2D eigenvalue weighted by Crippen LogP contribution is -2.05. The van der Waals surface area contributed by atoms with Gasteiger partial charge in [-0.1, -0.05) is 70.9 Å². The van der Waals surface area contributed by atoms with Crippen LogP contribution in [0.4, 0.5) is 5.82 Å². The normalized spacial score (nSPS) is 14.1. The Morgan fingerprint density at radius 3 is 2.32 bits per heavy atom. The van der Waals surface area contributed by atoms with E-state index in [4.69, 9.17) is 9.47 Å². The lowest BCUT2D eigenvalue weighted by molar-refractivity contribution is 0.185. The van der Waals surface area contributed by atoms with Crippen molar-refractivity contribution >= 4 is 16.7 Å². The van der Waals surface area contributed by atoms with Gasteiger partial charge in [-0.25, -0.2) is 9.97 Å². The Labute approximate surface area is 207 Å². The van der Waals surface area contributed by atoms with Crippen molar-refractivity contribution in [1.82, 2.24) is 9.97 Å². The molecule has 1 aromatic heterocycles. The minimum absolute atomic E-state index is 0.734. The van der Waals surface area contributed by atoms with Crippen LogP contribution in [0, 0.1) is 26.7 Å². The smallest absolute Gasteiger partial charge is 0.137 e. The number of ether oxygens (including phenoxy) is 2. The van der Waals surface area contributed by atoms with Gasteiger partial charge in [-0.2, -0.15) is 0 Å². The number of nitrogens with zero attached hydrogens (tertiary/aromatic N) is 2. The van der Waals surface area contributed by atoms with E-state index in [1.54, 1.807) is 7.11 Å². The first-order valence-corrected chi connectivity index (χ1v) is 12.7. The first kappa shape index (κ1) is 29.4. The van der Waals surface area contributed by atoms with E-state index in [0.29, 0.717) is 0 Å². The Bertz CT molecular complexity index is 983. The molecule has 0 spiro atoms. The van der Waals surface area contributed by atoms with Crippen LogP contribution < -0.4 is 10.1 Å². The number of anilines is 1. The fourth-order valence-electron chi connectivity index (χ4n) is 3.65. The Kier molecular flexibility index (Phi) is 13.9. The molecule has 0 amide bonds. The van der Waals surface area contributed by atoms with E-state index in [0.717, 1.165) is 59.5 Å². The van der Waals surface area contributed by atoms with Gasteiger partial charge in [0, 0.05) is 31.2 Å². The van der Waals surface area contributed by atoms with E-state index in [2.05, 4.69) is 59.5 Å². The molecule has 2 heterocycles. The summed E-state index contributed by atoms with van der Waals surface area (Å²) in [5.74, 6) is 3.33. The third kappa shape index (κ3) is 8.94. The molecule has 34 heavy (non-hydrogen) atoms. The summed E-state index contributed by atoms with van der Waals surface area (Å²) < 4.78 is 10.5. The monoisotopic (exact) mass is 467 g/mol. The molecule has 1 atom stereocenters. The summed E-state index contributed by atoms with van der Waals surface area (Å²) in [5.41, 5.74) is 4.46. The van der Waals surface area contributed by atoms with Crippen LogP contribution in [-0.4, -0.2) is 30.3 Å². The number of fused-ring (bicyclic) bond motifs is 1. The molecule has 1 unspecified atom stereocenters. The number of methoxy groups -OCH3 is 1. The zero-order valence-corrected chi connectivity index (χ0v) is 22.8. The minimum Gasteiger partial charge on any atom is -0.496 e. The lowest BCUT2D eigenvalue weighted by atomic mass is 10.1. The van der Waals surface area contributed by atoms with Crippen molar-refractivity contribution in [2.45, 2.75) is 74.8 Å². The first-order valence-electron chi connectivity index (χ1n) is 12.7. The average molecular weight is 468 g/mol. The number of hydrogen-bond acceptors (Lipinski definition) is 5. The molecule has 1 N–H and O–H groups in total. The van der Waals surface area contributed by atoms with Gasteiger partial charge in [0.25, 0.3) is 0 Å². The molecule has 0 aliphatic carbocycles. The van der Waals surface area contributed by atoms with E-state index in [1.807, 2.05) is 47.6 Å². The van der Waals surface area contributed by atoms with Crippen LogP contribution in [-0.2, 0) is 11.3 Å². The molecule has 5 nitrogen and oxygen atoms in total. The van der Waals surface area contributed by atoms with Gasteiger partial charge in [-0.3, -0.25) is 0 Å². The molecular weight excluding hydrogens is 422 g/mol. The zero-order valence-electron chi connectivity index (χ0n) is 22.8. The highest BCUT2D eigenvalue weighted by molar-refractivity contribution is 5.90. The zero-order chi connectivity index (χ0) is 25.5. The maximum Gasteiger partial charge on any atom is 0.137 e. The second-order valence-corrected chi connectivity index (χ2v) is 7.94. The number of rotatable bonds is 5. The van der Waals surface area contributed by atoms with Crippen molar-refractivity contribution in [2.75, 3.05) is 25.6 Å². The van der Waals surface area contributed by atoms with Crippen LogP contribution in [0.1, 0.15) is 70.0 Å². The van der Waals surface area contributed by atoms with E-state index >= 15 is 0 Å². The van der Waals surface area contributed by atoms with Crippen molar-refractivity contribution in [1.29, 1.82) is 0 Å². The average Bonchev–Trinajstić information content (AvgIpc) is 3.40. The molecule has 2 aromatic carbocycles. The van der Waals surface area contributed by atoms with Crippen LogP contribution in [0.2, 0.25) is 0 Å². The number of aryl methyl sites for hydroxylation is 3. The Balaban J connectivity index is 0.000000441. The Morgan fingerprint density at radius 2 is 1.76 bits per heavy atom. The van der Waals surface area contributed by atoms with Crippen LogP contribution in [0.5, 0.6) is 5.75 Å². The quantitative estimate of drug-likeness (QED) is 0.417. The Hall–Kier alpha value is -2.66. The molecule has 0 saturated carbocycles. The summed E-state index contributed by atoms with van der Waals surface area (Å²) >= 11 is 0. The largest absolute Gasteiger partial charge is 0.496 e. The highest BCUT2D eigenvalue weighted by atomic mass is 16.5. The van der Waals surface area contributed by atoms with E-state index in [1.165, 1.54) is 24.0 Å². The van der Waals surface area contributed by atoms with Gasteiger partial charge in [0.1, 0.15) is 17.4 Å². The second kappa shape index (κ2) is 16.0. The molecule has 1 fully saturated rings. The van der Waals surface area contributed by atoms with Gasteiger partial charge >= 0.3 is 0 Å². The summed E-state index contributed by atoms with van der Waals surface area (Å²) in [6, 6.07) is 12.5. The SMILES string of the molecule is CC.CC.CCC1CCOC1.COc1cc2nc(C)nc(NCc3cccc(C)c3)c2cc1C. The molecule has 5 heteroatoms. The summed E-state index contributed by atoms with van der Waals surface area (Å²) in [4.78, 5) is 9.10. The van der Waals surface area contributed by atoms with Crippen molar-refractivity contribution in [3.8, 4) is 5.75 Å². The molecule has 1 aliphatic heterocycles. The number of nitrogens with one attached hydrogen (secondary N) is 1. The van der Waals surface area contributed by atoms with Crippen molar-refractivity contribution < 1.29 is 9.47 Å². The van der Waals surface area contributed by atoms with Crippen molar-refractivity contribution in [3.63, 3.8) is 0 Å². The summed E-state index contributed by atoms with van der Waals surface area (Å²) in [5, 5.41) is 4.46. The minimum atomic E-state index is 0.734. The molecular formula is C29H45N3O2. The Morgan fingerprint density at radius 1 is 1.03 bits per heavy atom. The van der Waals surface area contributed by atoms with Gasteiger partial charge in [0.05, 0.1) is 12.6 Å². The topological polar surface area (TPSA) is 56.3 Å². The predicted molar refractivity (Wildman–Crippen MR) is 146 cm³/mol. The van der Waals surface area contributed by atoms with Gasteiger partial charge in [0.15, 0.2) is 0 Å². The first-order chi connectivity index (χ1) is 16.5. The van der Waals surface area contributed by atoms with Crippen molar-refractivity contribution in [2.24, 2.45) is 5.92 Å². The van der Waals surface area contributed by atoms with Crippen LogP contribution in [0.3, 0.4) is 0 Å². The maximum atomic E-state index is 5.39. The lowest BCUT2D eigenvalue weighted by Gasteiger charge is -2.12. The number of aromatic nitrogens is 2. The van der Waals surface area contributed by atoms with E-state index in [9.17, 15) is 0 Å². The summed E-state index contributed by atoms with van der Waals surface area (Å²) in [6.07, 6.45) is 2.58. The number of hydrogen-bond donors (Lipinski definition) is 1. The van der Waals surface area contributed by atoms with Crippen LogP contribution >= 0.6 is 0 Å². The molecule has 3 aromatic rings. The van der Waals surface area contributed by atoms with Gasteiger partial charge in [-0.05, 0) is 50.3 Å². The molecule has 1 saturated heterocycles. The predicted octanol–water partition coefficient (Wildman–Crippen LogP) is 7.66. The fraction of sp³-hybridized carbons (Fsp3) is 0.517. The highest BCUT2D eigenvalue weighted by Gasteiger charge is 2.12. The van der Waals surface area contributed by atoms with Gasteiger partial charge in [0.2, 0.25) is 0 Å². The van der Waals surface area contributed by atoms with E-state index in [-0.39, 0.29) is 0 Å². The van der Waals surface area contributed by atoms with Crippen molar-refractivity contribution in [3.05, 3.63) is 58.9 Å². The van der Waals surface area contributed by atoms with Crippen LogP contribution in [0.15, 0.2) is 36.4 Å². The summed E-state index contributed by atoms with van der Waals surface area (Å²) in [7, 11) is 1.68. The maximum absolute atomic E-state index is 5.39. The second-order valence-electron chi connectivity index (χ2n) is 7.94. The third-order valence-electron chi connectivity index (χ3n) is 5.47. The van der Waals surface area contributed by atoms with E-state index < -0.39 is 0 Å². The highest BCUT2D eigenvalue weighted by Crippen LogP contribution is 2.28. The third-order valence-corrected chi connectivity index (χ3v) is 5.47. The van der Waals surface area contributed by atoms with Crippen LogP contribution in [0.25, 0.3) is 10.9 Å².